The number of hydrogen-bond donors (Lipinski definition) is 2. The van der Waals surface area contributed by atoms with Gasteiger partial charge >= 0.3 is 6.09 Å². The van der Waals surface area contributed by atoms with Crippen LogP contribution in [0.4, 0.5) is 4.79 Å². The second-order valence-corrected chi connectivity index (χ2v) is 4.72. The Morgan fingerprint density at radius 1 is 1.18 bits per heavy atom. The first-order valence-corrected chi connectivity index (χ1v) is 6.92. The maximum atomic E-state index is 11.6. The minimum Gasteiger partial charge on any atom is -0.450 e. The quantitative estimate of drug-likeness (QED) is 0.810. The Labute approximate surface area is 129 Å². The van der Waals surface area contributed by atoms with E-state index in [1.165, 1.54) is 0 Å². The molecule has 22 heavy (non-hydrogen) atoms. The molecule has 0 radical (unpaired) electrons. The predicted molar refractivity (Wildman–Crippen MR) is 81.3 cm³/mol. The van der Waals surface area contributed by atoms with Gasteiger partial charge in [0.15, 0.2) is 0 Å². The van der Waals surface area contributed by atoms with Gasteiger partial charge in [0.05, 0.1) is 13.2 Å². The highest BCUT2D eigenvalue weighted by molar-refractivity contribution is 5.94. The maximum Gasteiger partial charge on any atom is 0.413 e. The van der Waals surface area contributed by atoms with E-state index >= 15 is 0 Å². The Morgan fingerprint density at radius 2 is 1.82 bits per heavy atom. The molecule has 0 saturated carbocycles. The Hall–Kier alpha value is -2.41. The van der Waals surface area contributed by atoms with Crippen LogP contribution in [0.25, 0.3) is 0 Å². The lowest BCUT2D eigenvalue weighted by Crippen LogP contribution is -2.38. The largest absolute Gasteiger partial charge is 0.450 e. The molecule has 0 atom stereocenters. The zero-order valence-electron chi connectivity index (χ0n) is 13.0. The molecule has 120 valence electrons. The zero-order valence-corrected chi connectivity index (χ0v) is 13.0. The van der Waals surface area contributed by atoms with Crippen molar-refractivity contribution in [3.8, 4) is 0 Å². The van der Waals surface area contributed by atoms with Crippen LogP contribution in [0, 0.1) is 0 Å². The summed E-state index contributed by atoms with van der Waals surface area (Å²) in [6.45, 7) is 2.46. The third-order valence-electron chi connectivity index (χ3n) is 2.83. The van der Waals surface area contributed by atoms with Crippen molar-refractivity contribution >= 4 is 17.9 Å². The Morgan fingerprint density at radius 3 is 2.36 bits per heavy atom. The van der Waals surface area contributed by atoms with Crippen molar-refractivity contribution in [1.82, 2.24) is 15.5 Å². The van der Waals surface area contributed by atoms with E-state index in [9.17, 15) is 14.4 Å². The Balaban J connectivity index is 2.47. The van der Waals surface area contributed by atoms with Gasteiger partial charge in [-0.3, -0.25) is 19.8 Å². The second-order valence-electron chi connectivity index (χ2n) is 4.72. The normalized spacial score (nSPS) is 10.2. The van der Waals surface area contributed by atoms with E-state index in [1.807, 2.05) is 12.1 Å². The predicted octanol–water partition coefficient (Wildman–Crippen LogP) is 0.751. The van der Waals surface area contributed by atoms with E-state index in [4.69, 9.17) is 0 Å². The third-order valence-corrected chi connectivity index (χ3v) is 2.83. The number of nitrogens with zero attached hydrogens (tertiary/aromatic N) is 1. The monoisotopic (exact) mass is 307 g/mol. The van der Waals surface area contributed by atoms with Crippen molar-refractivity contribution in [3.63, 3.8) is 0 Å². The highest BCUT2D eigenvalue weighted by atomic mass is 16.5. The average Bonchev–Trinajstić information content (AvgIpc) is 2.47. The van der Waals surface area contributed by atoms with Crippen molar-refractivity contribution < 1.29 is 19.1 Å². The summed E-state index contributed by atoms with van der Waals surface area (Å²) < 4.78 is 4.63. The molecule has 0 unspecified atom stereocenters. The van der Waals surface area contributed by atoms with Crippen LogP contribution in [-0.4, -0.2) is 50.1 Å². The van der Waals surface area contributed by atoms with E-state index < -0.39 is 12.0 Å². The van der Waals surface area contributed by atoms with Crippen molar-refractivity contribution in [2.45, 2.75) is 13.5 Å². The van der Waals surface area contributed by atoms with Crippen molar-refractivity contribution in [2.75, 3.05) is 27.2 Å². The van der Waals surface area contributed by atoms with Crippen molar-refractivity contribution in [1.29, 1.82) is 0 Å². The molecule has 1 aromatic rings. The zero-order chi connectivity index (χ0) is 16.5. The molecule has 0 aliphatic heterocycles. The molecule has 0 aliphatic carbocycles. The van der Waals surface area contributed by atoms with Crippen LogP contribution in [0.15, 0.2) is 24.3 Å². The van der Waals surface area contributed by atoms with E-state index in [1.54, 1.807) is 38.1 Å². The van der Waals surface area contributed by atoms with Gasteiger partial charge in [-0.1, -0.05) is 12.1 Å². The number of alkyl carbamates (subject to hydrolysis) is 1. The van der Waals surface area contributed by atoms with Crippen LogP contribution in [-0.2, 0) is 16.1 Å². The number of benzene rings is 1. The van der Waals surface area contributed by atoms with E-state index in [0.29, 0.717) is 12.1 Å². The van der Waals surface area contributed by atoms with Gasteiger partial charge in [-0.25, -0.2) is 4.79 Å². The first-order valence-electron chi connectivity index (χ1n) is 6.92. The fraction of sp³-hybridized carbons (Fsp3) is 0.400. The van der Waals surface area contributed by atoms with Crippen LogP contribution in [0.1, 0.15) is 22.8 Å². The van der Waals surface area contributed by atoms with Gasteiger partial charge in [0.2, 0.25) is 5.91 Å². The topological polar surface area (TPSA) is 87.7 Å². The van der Waals surface area contributed by atoms with Crippen LogP contribution >= 0.6 is 0 Å². The summed E-state index contributed by atoms with van der Waals surface area (Å²) in [5, 5.41) is 4.68. The van der Waals surface area contributed by atoms with Crippen molar-refractivity contribution in [2.24, 2.45) is 0 Å². The number of hydrogen-bond acceptors (Lipinski definition) is 5. The summed E-state index contributed by atoms with van der Waals surface area (Å²) >= 11 is 0. The molecule has 0 aliphatic rings. The third kappa shape index (κ3) is 5.92. The summed E-state index contributed by atoms with van der Waals surface area (Å²) in [6.07, 6.45) is -0.740. The molecule has 0 heterocycles. The van der Waals surface area contributed by atoms with Crippen LogP contribution in [0.3, 0.4) is 0 Å². The number of rotatable bonds is 6. The van der Waals surface area contributed by atoms with Gasteiger partial charge in [-0.15, -0.1) is 0 Å². The maximum absolute atomic E-state index is 11.6. The standard InChI is InChI=1S/C15H21N3O4/c1-4-22-15(21)17-13(19)10-18(3)9-11-5-7-12(8-6-11)14(20)16-2/h5-8H,4,9-10H2,1-3H3,(H,16,20)(H,17,19,21). The van der Waals surface area contributed by atoms with Gasteiger partial charge in [-0.2, -0.15) is 0 Å². The van der Waals surface area contributed by atoms with E-state index in [-0.39, 0.29) is 19.1 Å². The molecular formula is C15H21N3O4. The molecule has 7 nitrogen and oxygen atoms in total. The Kier molecular flexibility index (Phi) is 7.04. The fourth-order valence-electron chi connectivity index (χ4n) is 1.84. The number of likely N-dealkylation sites (N-methyl/N-ethyl adjacent to an activating group) is 1. The van der Waals surface area contributed by atoms with Gasteiger partial charge in [0.25, 0.3) is 5.91 Å². The van der Waals surface area contributed by atoms with E-state index in [2.05, 4.69) is 15.4 Å². The smallest absolute Gasteiger partial charge is 0.413 e. The van der Waals surface area contributed by atoms with Gasteiger partial charge < -0.3 is 10.1 Å². The van der Waals surface area contributed by atoms with E-state index in [0.717, 1.165) is 5.56 Å². The molecular weight excluding hydrogens is 286 g/mol. The lowest BCUT2D eigenvalue weighted by molar-refractivity contribution is -0.121. The molecule has 2 N–H and O–H groups in total. The number of imide groups is 1. The summed E-state index contributed by atoms with van der Waals surface area (Å²) in [5.74, 6) is -0.573. The summed E-state index contributed by atoms with van der Waals surface area (Å²) in [7, 11) is 3.34. The van der Waals surface area contributed by atoms with Gasteiger partial charge in [-0.05, 0) is 31.7 Å². The van der Waals surface area contributed by atoms with Crippen LogP contribution in [0.2, 0.25) is 0 Å². The number of nitrogens with one attached hydrogen (secondary N) is 2. The molecule has 0 saturated heterocycles. The second kappa shape index (κ2) is 8.78. The number of carbonyl (C=O) groups excluding carboxylic acids is 3. The molecule has 0 spiro atoms. The van der Waals surface area contributed by atoms with Gasteiger partial charge in [0.1, 0.15) is 0 Å². The highest BCUT2D eigenvalue weighted by Crippen LogP contribution is 2.06. The molecule has 7 heteroatoms. The van der Waals surface area contributed by atoms with Gasteiger partial charge in [0, 0.05) is 19.2 Å². The highest BCUT2D eigenvalue weighted by Gasteiger charge is 2.11. The summed E-state index contributed by atoms with van der Waals surface area (Å²) in [6, 6.07) is 7.09. The average molecular weight is 307 g/mol. The summed E-state index contributed by atoms with van der Waals surface area (Å²) in [4.78, 5) is 35.9. The first-order chi connectivity index (χ1) is 10.5. The minimum absolute atomic E-state index is 0.0655. The SMILES string of the molecule is CCOC(=O)NC(=O)CN(C)Cc1ccc(C(=O)NC)cc1. The first kappa shape index (κ1) is 17.6. The molecule has 0 aromatic heterocycles. The molecule has 0 bridgehead atoms. The molecule has 1 aromatic carbocycles. The van der Waals surface area contributed by atoms with Crippen molar-refractivity contribution in [3.05, 3.63) is 35.4 Å². The molecule has 0 fully saturated rings. The molecule has 1 rings (SSSR count). The van der Waals surface area contributed by atoms with Crippen LogP contribution in [0.5, 0.6) is 0 Å². The lowest BCUT2D eigenvalue weighted by atomic mass is 10.1. The van der Waals surface area contributed by atoms with Crippen LogP contribution < -0.4 is 10.6 Å². The number of ether oxygens (including phenoxy) is 1. The number of carbonyl (C=O) groups is 3. The fourth-order valence-corrected chi connectivity index (χ4v) is 1.84. The minimum atomic E-state index is -0.740. The lowest BCUT2D eigenvalue weighted by Gasteiger charge is -2.16. The Bertz CT molecular complexity index is 528. The summed E-state index contributed by atoms with van der Waals surface area (Å²) in [5.41, 5.74) is 1.54. The number of amides is 3. The molecule has 3 amide bonds.